The second kappa shape index (κ2) is 15.7. The van der Waals surface area contributed by atoms with Gasteiger partial charge in [0.25, 0.3) is 0 Å². The number of nitrogens with zero attached hydrogens (tertiary/aromatic N) is 1. The van der Waals surface area contributed by atoms with Crippen molar-refractivity contribution < 1.29 is 14.2 Å². The maximum absolute atomic E-state index is 5.98. The zero-order valence-electron chi connectivity index (χ0n) is 15.6. The van der Waals surface area contributed by atoms with Crippen LogP contribution in [0.1, 0.15) is 51.4 Å². The van der Waals surface area contributed by atoms with Crippen molar-refractivity contribution in [2.24, 2.45) is 4.99 Å². The van der Waals surface area contributed by atoms with Gasteiger partial charge in [-0.1, -0.05) is 25.7 Å². The lowest BCUT2D eigenvalue weighted by Crippen LogP contribution is -2.39. The van der Waals surface area contributed by atoms with Crippen molar-refractivity contribution in [2.75, 3.05) is 53.7 Å². The van der Waals surface area contributed by atoms with E-state index in [1.54, 1.807) is 14.2 Å². The number of unbranched alkanes of at least 4 members (excludes halogenated alkanes) is 1. The number of rotatable bonds is 12. The third-order valence-corrected chi connectivity index (χ3v) is 4.21. The number of guanidine groups is 1. The molecular formula is C18H37N3O3. The normalized spacial score (nSPS) is 16.8. The summed E-state index contributed by atoms with van der Waals surface area (Å²) in [5.74, 6) is 0.847. The highest BCUT2D eigenvalue weighted by atomic mass is 16.5. The van der Waals surface area contributed by atoms with Crippen molar-refractivity contribution in [1.29, 1.82) is 0 Å². The van der Waals surface area contributed by atoms with Crippen molar-refractivity contribution in [1.82, 2.24) is 10.6 Å². The minimum absolute atomic E-state index is 0.461. The minimum atomic E-state index is 0.461. The van der Waals surface area contributed by atoms with E-state index in [1.165, 1.54) is 38.5 Å². The Morgan fingerprint density at radius 3 is 2.38 bits per heavy atom. The van der Waals surface area contributed by atoms with Gasteiger partial charge in [0.05, 0.1) is 25.9 Å². The zero-order valence-corrected chi connectivity index (χ0v) is 15.6. The SMILES string of the molecule is CN=C(NCCCCOCCOC)NCCOC1CCCCCC1. The molecule has 24 heavy (non-hydrogen) atoms. The van der Waals surface area contributed by atoms with Gasteiger partial charge in [0, 0.05) is 33.9 Å². The van der Waals surface area contributed by atoms with E-state index in [4.69, 9.17) is 14.2 Å². The first kappa shape index (κ1) is 21.2. The summed E-state index contributed by atoms with van der Waals surface area (Å²) >= 11 is 0. The minimum Gasteiger partial charge on any atom is -0.382 e. The van der Waals surface area contributed by atoms with Crippen LogP contribution in [-0.2, 0) is 14.2 Å². The summed E-state index contributed by atoms with van der Waals surface area (Å²) < 4.78 is 16.3. The number of methoxy groups -OCH3 is 1. The second-order valence-corrected chi connectivity index (χ2v) is 6.22. The van der Waals surface area contributed by atoms with Crippen molar-refractivity contribution in [2.45, 2.75) is 57.5 Å². The highest BCUT2D eigenvalue weighted by molar-refractivity contribution is 5.79. The molecule has 1 aliphatic rings. The Morgan fingerprint density at radius 2 is 1.67 bits per heavy atom. The Morgan fingerprint density at radius 1 is 0.917 bits per heavy atom. The van der Waals surface area contributed by atoms with Crippen LogP contribution in [-0.4, -0.2) is 65.7 Å². The molecule has 0 unspecified atom stereocenters. The highest BCUT2D eigenvalue weighted by Crippen LogP contribution is 2.19. The molecule has 6 nitrogen and oxygen atoms in total. The fourth-order valence-corrected chi connectivity index (χ4v) is 2.80. The van der Waals surface area contributed by atoms with Crippen molar-refractivity contribution in [3.8, 4) is 0 Å². The summed E-state index contributed by atoms with van der Waals surface area (Å²) in [6.45, 7) is 4.57. The van der Waals surface area contributed by atoms with Gasteiger partial charge in [-0.05, 0) is 25.7 Å². The van der Waals surface area contributed by atoms with Crippen LogP contribution in [0.25, 0.3) is 0 Å². The molecule has 0 aromatic heterocycles. The summed E-state index contributed by atoms with van der Waals surface area (Å²) in [4.78, 5) is 4.24. The molecule has 0 saturated heterocycles. The lowest BCUT2D eigenvalue weighted by Gasteiger charge is -2.16. The largest absolute Gasteiger partial charge is 0.382 e. The van der Waals surface area contributed by atoms with Crippen LogP contribution in [0.15, 0.2) is 4.99 Å². The molecule has 0 radical (unpaired) electrons. The maximum atomic E-state index is 5.98. The van der Waals surface area contributed by atoms with Gasteiger partial charge in [0.15, 0.2) is 5.96 Å². The lowest BCUT2D eigenvalue weighted by molar-refractivity contribution is 0.0468. The lowest BCUT2D eigenvalue weighted by atomic mass is 10.1. The molecule has 1 rings (SSSR count). The molecule has 1 fully saturated rings. The van der Waals surface area contributed by atoms with E-state index in [0.717, 1.165) is 45.1 Å². The fraction of sp³-hybridized carbons (Fsp3) is 0.944. The van der Waals surface area contributed by atoms with Gasteiger partial charge in [0.1, 0.15) is 0 Å². The van der Waals surface area contributed by atoms with Crippen LogP contribution in [0, 0.1) is 0 Å². The Hall–Kier alpha value is -0.850. The molecule has 0 heterocycles. The average molecular weight is 344 g/mol. The van der Waals surface area contributed by atoms with E-state index in [2.05, 4.69) is 15.6 Å². The topological polar surface area (TPSA) is 64.1 Å². The van der Waals surface area contributed by atoms with E-state index < -0.39 is 0 Å². The number of hydrogen-bond acceptors (Lipinski definition) is 4. The Balaban J connectivity index is 1.94. The molecule has 0 atom stereocenters. The van der Waals surface area contributed by atoms with Crippen LogP contribution in [0.4, 0.5) is 0 Å². The van der Waals surface area contributed by atoms with E-state index in [9.17, 15) is 0 Å². The standard InChI is InChI=1S/C18H37N3O3/c1-19-18(20-11-7-8-13-23-16-15-22-2)21-12-14-24-17-9-5-3-4-6-10-17/h17H,3-16H2,1-2H3,(H2,19,20,21). The first-order chi connectivity index (χ1) is 11.9. The predicted molar refractivity (Wildman–Crippen MR) is 98.7 cm³/mol. The van der Waals surface area contributed by atoms with Gasteiger partial charge in [-0.15, -0.1) is 0 Å². The molecule has 142 valence electrons. The van der Waals surface area contributed by atoms with Crippen LogP contribution in [0.2, 0.25) is 0 Å². The Labute approximate surface area is 147 Å². The number of ether oxygens (including phenoxy) is 3. The smallest absolute Gasteiger partial charge is 0.191 e. The predicted octanol–water partition coefficient (Wildman–Crippen LogP) is 2.33. The average Bonchev–Trinajstić information content (AvgIpc) is 2.88. The maximum Gasteiger partial charge on any atom is 0.191 e. The van der Waals surface area contributed by atoms with E-state index in [0.29, 0.717) is 19.3 Å². The van der Waals surface area contributed by atoms with Crippen LogP contribution in [0.5, 0.6) is 0 Å². The van der Waals surface area contributed by atoms with Crippen LogP contribution < -0.4 is 10.6 Å². The van der Waals surface area contributed by atoms with Crippen molar-refractivity contribution in [3.63, 3.8) is 0 Å². The molecule has 0 aliphatic heterocycles. The molecular weight excluding hydrogens is 306 g/mol. The van der Waals surface area contributed by atoms with E-state index in [-0.39, 0.29) is 0 Å². The molecule has 0 spiro atoms. The molecule has 0 aromatic carbocycles. The van der Waals surface area contributed by atoms with Gasteiger partial charge < -0.3 is 24.8 Å². The third-order valence-electron chi connectivity index (χ3n) is 4.21. The van der Waals surface area contributed by atoms with E-state index in [1.807, 2.05) is 0 Å². The van der Waals surface area contributed by atoms with Crippen LogP contribution >= 0.6 is 0 Å². The molecule has 1 aliphatic carbocycles. The van der Waals surface area contributed by atoms with Gasteiger partial charge in [-0.25, -0.2) is 0 Å². The van der Waals surface area contributed by atoms with Gasteiger partial charge in [-0.3, -0.25) is 4.99 Å². The van der Waals surface area contributed by atoms with Gasteiger partial charge in [-0.2, -0.15) is 0 Å². The van der Waals surface area contributed by atoms with E-state index >= 15 is 0 Å². The number of nitrogens with one attached hydrogen (secondary N) is 2. The molecule has 1 saturated carbocycles. The Bertz CT molecular complexity index is 306. The fourth-order valence-electron chi connectivity index (χ4n) is 2.80. The summed E-state index contributed by atoms with van der Waals surface area (Å²) in [6.07, 6.45) is 10.4. The molecule has 0 amide bonds. The third kappa shape index (κ3) is 11.6. The quantitative estimate of drug-likeness (QED) is 0.246. The summed E-state index contributed by atoms with van der Waals surface area (Å²) in [7, 11) is 3.49. The summed E-state index contributed by atoms with van der Waals surface area (Å²) in [5.41, 5.74) is 0. The molecule has 0 bridgehead atoms. The first-order valence-electron chi connectivity index (χ1n) is 9.49. The second-order valence-electron chi connectivity index (χ2n) is 6.22. The zero-order chi connectivity index (χ0) is 17.3. The molecule has 2 N–H and O–H groups in total. The summed E-state index contributed by atoms with van der Waals surface area (Å²) in [5, 5.41) is 6.63. The van der Waals surface area contributed by atoms with Gasteiger partial charge >= 0.3 is 0 Å². The first-order valence-corrected chi connectivity index (χ1v) is 9.49. The number of aliphatic imine (C=N–C) groups is 1. The van der Waals surface area contributed by atoms with Crippen molar-refractivity contribution >= 4 is 5.96 Å². The van der Waals surface area contributed by atoms with Gasteiger partial charge in [0.2, 0.25) is 0 Å². The molecule has 0 aromatic rings. The monoisotopic (exact) mass is 343 g/mol. The number of hydrogen-bond donors (Lipinski definition) is 2. The Kier molecular flexibility index (Phi) is 13.8. The summed E-state index contributed by atoms with van der Waals surface area (Å²) in [6, 6.07) is 0. The van der Waals surface area contributed by atoms with Crippen LogP contribution in [0.3, 0.4) is 0 Å². The van der Waals surface area contributed by atoms with Crippen molar-refractivity contribution in [3.05, 3.63) is 0 Å². The highest BCUT2D eigenvalue weighted by Gasteiger charge is 2.11. The molecule has 6 heteroatoms.